The molecule has 2 aliphatic rings. The van der Waals surface area contributed by atoms with E-state index in [0.717, 1.165) is 16.8 Å². The number of benzene rings is 1. The van der Waals surface area contributed by atoms with Crippen LogP contribution in [0, 0.1) is 6.92 Å². The molecule has 1 aromatic heterocycles. The Hall–Kier alpha value is -3.09. The number of carbonyl (C=O) groups is 2. The summed E-state index contributed by atoms with van der Waals surface area (Å²) in [5, 5.41) is 0. The van der Waals surface area contributed by atoms with Gasteiger partial charge in [0, 0.05) is 44.1 Å². The lowest BCUT2D eigenvalue weighted by atomic mass is 9.89. The van der Waals surface area contributed by atoms with E-state index in [9.17, 15) is 14.4 Å². The first kappa shape index (κ1) is 21.2. The number of aryl methyl sites for hydroxylation is 2. The molecular formula is C24H30N4O3. The average molecular weight is 423 g/mol. The van der Waals surface area contributed by atoms with Crippen LogP contribution >= 0.6 is 0 Å². The van der Waals surface area contributed by atoms with Crippen molar-refractivity contribution >= 4 is 17.5 Å². The minimum absolute atomic E-state index is 0.000505. The first-order valence-corrected chi connectivity index (χ1v) is 10.8. The molecule has 2 aliphatic heterocycles. The third kappa shape index (κ3) is 3.73. The van der Waals surface area contributed by atoms with Crippen molar-refractivity contribution < 1.29 is 9.59 Å². The molecule has 4 rings (SSSR count). The Balaban J connectivity index is 1.70. The standard InChI is InChI=1S/C24H30N4O3/c1-17(2)27-15-22(30)28(14-19-7-5-18(3)6-8-19)24(23(27)31)10-12-26(16-24)20-9-11-25(4)21(29)13-20/h5-9,11,13,17H,10,12,14-16H2,1-4H3. The highest BCUT2D eigenvalue weighted by molar-refractivity contribution is 5.99. The Kier molecular flexibility index (Phi) is 5.37. The number of amides is 2. The quantitative estimate of drug-likeness (QED) is 0.755. The summed E-state index contributed by atoms with van der Waals surface area (Å²) in [7, 11) is 1.71. The number of anilines is 1. The Morgan fingerprint density at radius 2 is 1.77 bits per heavy atom. The highest BCUT2D eigenvalue weighted by atomic mass is 16.2. The van der Waals surface area contributed by atoms with Crippen LogP contribution in [0.5, 0.6) is 0 Å². The molecule has 2 saturated heterocycles. The molecule has 0 bridgehead atoms. The van der Waals surface area contributed by atoms with Gasteiger partial charge in [-0.15, -0.1) is 0 Å². The molecule has 1 aromatic carbocycles. The van der Waals surface area contributed by atoms with Gasteiger partial charge in [0.05, 0.1) is 6.54 Å². The summed E-state index contributed by atoms with van der Waals surface area (Å²) >= 11 is 0. The first-order valence-electron chi connectivity index (χ1n) is 10.8. The normalized spacial score (nSPS) is 21.6. The average Bonchev–Trinajstić information content (AvgIpc) is 3.17. The van der Waals surface area contributed by atoms with Gasteiger partial charge in [-0.1, -0.05) is 29.8 Å². The van der Waals surface area contributed by atoms with Crippen molar-refractivity contribution in [2.24, 2.45) is 7.05 Å². The zero-order chi connectivity index (χ0) is 22.3. The fraction of sp³-hybridized carbons (Fsp3) is 0.458. The molecule has 2 amide bonds. The van der Waals surface area contributed by atoms with Crippen molar-refractivity contribution in [1.82, 2.24) is 14.4 Å². The van der Waals surface area contributed by atoms with Crippen LogP contribution in [0.15, 0.2) is 47.4 Å². The number of hydrogen-bond donors (Lipinski definition) is 0. The fourth-order valence-electron chi connectivity index (χ4n) is 4.60. The van der Waals surface area contributed by atoms with E-state index in [4.69, 9.17) is 0 Å². The molecule has 3 heterocycles. The van der Waals surface area contributed by atoms with E-state index in [0.29, 0.717) is 26.1 Å². The lowest BCUT2D eigenvalue weighted by Crippen LogP contribution is -2.69. The molecule has 7 nitrogen and oxygen atoms in total. The van der Waals surface area contributed by atoms with E-state index in [2.05, 4.69) is 4.90 Å². The van der Waals surface area contributed by atoms with Crippen LogP contribution in [0.3, 0.4) is 0 Å². The number of pyridine rings is 1. The number of hydrogen-bond acceptors (Lipinski definition) is 4. The predicted octanol–water partition coefficient (Wildman–Crippen LogP) is 1.92. The van der Waals surface area contributed by atoms with E-state index >= 15 is 0 Å². The summed E-state index contributed by atoms with van der Waals surface area (Å²) in [6.45, 7) is 7.43. The Morgan fingerprint density at radius 3 is 2.42 bits per heavy atom. The summed E-state index contributed by atoms with van der Waals surface area (Å²) in [5.41, 5.74) is 1.94. The van der Waals surface area contributed by atoms with Gasteiger partial charge in [-0.05, 0) is 38.8 Å². The SMILES string of the molecule is Cc1ccc(CN2C(=O)CN(C(C)C)C(=O)C23CCN(c2ccn(C)c(=O)c2)C3)cc1. The Labute approximate surface area is 182 Å². The van der Waals surface area contributed by atoms with Gasteiger partial charge in [-0.25, -0.2) is 0 Å². The van der Waals surface area contributed by atoms with Crippen molar-refractivity contribution in [1.29, 1.82) is 0 Å². The first-order chi connectivity index (χ1) is 14.7. The Morgan fingerprint density at radius 1 is 1.06 bits per heavy atom. The molecule has 164 valence electrons. The van der Waals surface area contributed by atoms with Crippen LogP contribution in [0.25, 0.3) is 0 Å². The number of rotatable bonds is 4. The second-order valence-corrected chi connectivity index (χ2v) is 9.03. The molecule has 1 unspecified atom stereocenters. The summed E-state index contributed by atoms with van der Waals surface area (Å²) in [6.07, 6.45) is 2.28. The molecule has 0 radical (unpaired) electrons. The molecule has 0 aliphatic carbocycles. The lowest BCUT2D eigenvalue weighted by Gasteiger charge is -2.48. The van der Waals surface area contributed by atoms with Crippen molar-refractivity contribution in [3.63, 3.8) is 0 Å². The largest absolute Gasteiger partial charge is 0.368 e. The zero-order valence-electron chi connectivity index (χ0n) is 18.7. The van der Waals surface area contributed by atoms with Gasteiger partial charge in [0.1, 0.15) is 12.1 Å². The maximum atomic E-state index is 13.7. The number of piperazine rings is 1. The van der Waals surface area contributed by atoms with Gasteiger partial charge in [-0.3, -0.25) is 14.4 Å². The number of carbonyl (C=O) groups excluding carboxylic acids is 2. The molecule has 2 aromatic rings. The summed E-state index contributed by atoms with van der Waals surface area (Å²) in [4.78, 5) is 44.7. The predicted molar refractivity (Wildman–Crippen MR) is 120 cm³/mol. The maximum absolute atomic E-state index is 13.7. The number of nitrogens with zero attached hydrogens (tertiary/aromatic N) is 4. The minimum atomic E-state index is -0.925. The number of aromatic nitrogens is 1. The molecule has 0 saturated carbocycles. The molecule has 0 N–H and O–H groups in total. The maximum Gasteiger partial charge on any atom is 0.252 e. The van der Waals surface area contributed by atoms with Crippen LogP contribution in [0.1, 0.15) is 31.4 Å². The van der Waals surface area contributed by atoms with Crippen molar-refractivity contribution in [3.05, 3.63) is 64.1 Å². The lowest BCUT2D eigenvalue weighted by molar-refractivity contribution is -0.166. The molecule has 7 heteroatoms. The van der Waals surface area contributed by atoms with E-state index in [1.54, 1.807) is 29.1 Å². The van der Waals surface area contributed by atoms with Gasteiger partial charge in [-0.2, -0.15) is 0 Å². The molecule has 31 heavy (non-hydrogen) atoms. The molecule has 2 fully saturated rings. The highest BCUT2D eigenvalue weighted by Gasteiger charge is 2.56. The molecule has 1 atom stereocenters. The van der Waals surface area contributed by atoms with Crippen LogP contribution < -0.4 is 10.5 Å². The van der Waals surface area contributed by atoms with E-state index < -0.39 is 5.54 Å². The van der Waals surface area contributed by atoms with Gasteiger partial charge in [0.15, 0.2) is 0 Å². The van der Waals surface area contributed by atoms with Gasteiger partial charge < -0.3 is 19.3 Å². The Bertz CT molecular complexity index is 1060. The summed E-state index contributed by atoms with van der Waals surface area (Å²) in [5.74, 6) is -0.0276. The van der Waals surface area contributed by atoms with Crippen molar-refractivity contribution in [3.8, 4) is 0 Å². The van der Waals surface area contributed by atoms with Crippen LogP contribution in [0.4, 0.5) is 5.69 Å². The zero-order valence-corrected chi connectivity index (χ0v) is 18.7. The summed E-state index contributed by atoms with van der Waals surface area (Å²) < 4.78 is 1.52. The molecular weight excluding hydrogens is 392 g/mol. The van der Waals surface area contributed by atoms with Gasteiger partial charge >= 0.3 is 0 Å². The van der Waals surface area contributed by atoms with Crippen molar-refractivity contribution in [2.75, 3.05) is 24.5 Å². The van der Waals surface area contributed by atoms with Gasteiger partial charge in [0.2, 0.25) is 5.91 Å². The monoisotopic (exact) mass is 422 g/mol. The minimum Gasteiger partial charge on any atom is -0.368 e. The highest BCUT2D eigenvalue weighted by Crippen LogP contribution is 2.37. The van der Waals surface area contributed by atoms with Crippen LogP contribution in [-0.4, -0.2) is 57.4 Å². The van der Waals surface area contributed by atoms with E-state index in [1.807, 2.05) is 51.1 Å². The fourth-order valence-corrected chi connectivity index (χ4v) is 4.60. The van der Waals surface area contributed by atoms with Crippen LogP contribution in [0.2, 0.25) is 0 Å². The molecule has 1 spiro atoms. The third-order valence-electron chi connectivity index (χ3n) is 6.57. The third-order valence-corrected chi connectivity index (χ3v) is 6.57. The smallest absolute Gasteiger partial charge is 0.252 e. The van der Waals surface area contributed by atoms with E-state index in [1.165, 1.54) is 4.57 Å². The second kappa shape index (κ2) is 7.87. The van der Waals surface area contributed by atoms with Crippen molar-refractivity contribution in [2.45, 2.75) is 45.3 Å². The second-order valence-electron chi connectivity index (χ2n) is 9.03. The van der Waals surface area contributed by atoms with Crippen LogP contribution in [-0.2, 0) is 23.2 Å². The van der Waals surface area contributed by atoms with E-state index in [-0.39, 0.29) is 30.0 Å². The summed E-state index contributed by atoms with van der Waals surface area (Å²) in [6, 6.07) is 11.5. The topological polar surface area (TPSA) is 65.9 Å². The van der Waals surface area contributed by atoms with Gasteiger partial charge in [0.25, 0.3) is 11.5 Å².